The molecule has 0 aliphatic heterocycles. The first-order chi connectivity index (χ1) is 9.71. The number of nitrogens with zero attached hydrogens (tertiary/aromatic N) is 3. The molecule has 20 heavy (non-hydrogen) atoms. The maximum absolute atomic E-state index is 13.0. The molecule has 0 saturated carbocycles. The first-order valence-electron chi connectivity index (χ1n) is 6.65. The molecule has 1 N–H and O–H groups in total. The van der Waals surface area contributed by atoms with Crippen molar-refractivity contribution in [2.75, 3.05) is 13.7 Å². The average molecular weight is 278 g/mol. The van der Waals surface area contributed by atoms with Gasteiger partial charge in [-0.25, -0.2) is 4.39 Å². The largest absolute Gasteiger partial charge is 0.493 e. The van der Waals surface area contributed by atoms with Crippen molar-refractivity contribution in [2.45, 2.75) is 26.4 Å². The molecular weight excluding hydrogens is 259 g/mol. The number of aromatic nitrogens is 3. The van der Waals surface area contributed by atoms with Crippen molar-refractivity contribution in [3.8, 4) is 5.75 Å². The fourth-order valence-corrected chi connectivity index (χ4v) is 2.18. The maximum atomic E-state index is 13.0. The minimum Gasteiger partial charge on any atom is -0.493 e. The van der Waals surface area contributed by atoms with Crippen molar-refractivity contribution in [3.63, 3.8) is 0 Å². The van der Waals surface area contributed by atoms with Crippen LogP contribution in [0.3, 0.4) is 0 Å². The molecule has 0 aromatic carbocycles. The number of halogens is 1. The van der Waals surface area contributed by atoms with Crippen LogP contribution in [0.4, 0.5) is 4.39 Å². The monoisotopic (exact) mass is 278 g/mol. The first kappa shape index (κ1) is 14.5. The van der Waals surface area contributed by atoms with Gasteiger partial charge in [-0.3, -0.25) is 9.67 Å². The first-order valence-corrected chi connectivity index (χ1v) is 6.65. The normalized spacial score (nSPS) is 12.4. The molecular formula is C14H19FN4O. The molecule has 0 bridgehead atoms. The number of rotatable bonds is 6. The van der Waals surface area contributed by atoms with E-state index < -0.39 is 0 Å². The Morgan fingerprint density at radius 3 is 2.70 bits per heavy atom. The van der Waals surface area contributed by atoms with Crippen LogP contribution in [0, 0.1) is 5.82 Å². The van der Waals surface area contributed by atoms with Crippen LogP contribution in [0.25, 0.3) is 0 Å². The van der Waals surface area contributed by atoms with Crippen molar-refractivity contribution in [2.24, 2.45) is 0 Å². The fraction of sp³-hybridized carbons (Fsp3) is 0.429. The van der Waals surface area contributed by atoms with Crippen LogP contribution in [0.1, 0.15) is 31.3 Å². The van der Waals surface area contributed by atoms with Crippen LogP contribution in [-0.4, -0.2) is 28.4 Å². The van der Waals surface area contributed by atoms with Crippen LogP contribution in [0.2, 0.25) is 0 Å². The van der Waals surface area contributed by atoms with Crippen molar-refractivity contribution < 1.29 is 9.13 Å². The van der Waals surface area contributed by atoms with Gasteiger partial charge in [0.15, 0.2) is 5.75 Å². The molecule has 0 fully saturated rings. The maximum Gasteiger partial charge on any atom is 0.161 e. The zero-order valence-electron chi connectivity index (χ0n) is 11.9. The highest BCUT2D eigenvalue weighted by Crippen LogP contribution is 2.29. The van der Waals surface area contributed by atoms with Gasteiger partial charge in [0.05, 0.1) is 31.2 Å². The van der Waals surface area contributed by atoms with Crippen molar-refractivity contribution >= 4 is 0 Å². The van der Waals surface area contributed by atoms with Crippen LogP contribution in [0.5, 0.6) is 5.75 Å². The molecule has 2 rings (SSSR count). The van der Waals surface area contributed by atoms with Gasteiger partial charge in [0.25, 0.3) is 0 Å². The third-order valence-corrected chi connectivity index (χ3v) is 3.09. The van der Waals surface area contributed by atoms with E-state index in [0.29, 0.717) is 5.75 Å². The summed E-state index contributed by atoms with van der Waals surface area (Å²) in [6.45, 7) is 5.50. The lowest BCUT2D eigenvalue weighted by Gasteiger charge is -2.19. The van der Waals surface area contributed by atoms with Gasteiger partial charge < -0.3 is 10.1 Å². The van der Waals surface area contributed by atoms with Crippen LogP contribution in [0.15, 0.2) is 24.5 Å². The second-order valence-electron chi connectivity index (χ2n) is 4.31. The average Bonchev–Trinajstić information content (AvgIpc) is 2.88. The second kappa shape index (κ2) is 6.47. The fourth-order valence-electron chi connectivity index (χ4n) is 2.18. The van der Waals surface area contributed by atoms with Crippen molar-refractivity contribution in [3.05, 3.63) is 41.7 Å². The Morgan fingerprint density at radius 1 is 1.35 bits per heavy atom. The van der Waals surface area contributed by atoms with Gasteiger partial charge in [-0.2, -0.15) is 5.10 Å². The number of nitrogens with one attached hydrogen (secondary N) is 1. The SMILES string of the molecule is CCNC(c1ccc(F)cn1)c1c(OC)cnn1CC. The molecule has 1 unspecified atom stereocenters. The summed E-state index contributed by atoms with van der Waals surface area (Å²) in [7, 11) is 1.61. The zero-order chi connectivity index (χ0) is 14.5. The lowest BCUT2D eigenvalue weighted by Crippen LogP contribution is -2.26. The third-order valence-electron chi connectivity index (χ3n) is 3.09. The van der Waals surface area contributed by atoms with E-state index in [-0.39, 0.29) is 11.9 Å². The molecule has 2 heterocycles. The van der Waals surface area contributed by atoms with E-state index in [4.69, 9.17) is 4.74 Å². The molecule has 5 nitrogen and oxygen atoms in total. The van der Waals surface area contributed by atoms with Crippen LogP contribution >= 0.6 is 0 Å². The summed E-state index contributed by atoms with van der Waals surface area (Å²) >= 11 is 0. The molecule has 0 radical (unpaired) electrons. The Morgan fingerprint density at radius 2 is 2.15 bits per heavy atom. The molecule has 2 aromatic heterocycles. The molecule has 0 aliphatic rings. The molecule has 0 saturated heterocycles. The highest BCUT2D eigenvalue weighted by atomic mass is 19.1. The molecule has 6 heteroatoms. The molecule has 108 valence electrons. The predicted octanol–water partition coefficient (Wildman–Crippen LogP) is 2.14. The summed E-state index contributed by atoms with van der Waals surface area (Å²) < 4.78 is 20.3. The Kier molecular flexibility index (Phi) is 4.68. The topological polar surface area (TPSA) is 52.0 Å². The number of methoxy groups -OCH3 is 1. The van der Waals surface area contributed by atoms with E-state index in [1.54, 1.807) is 19.4 Å². The van der Waals surface area contributed by atoms with Crippen molar-refractivity contribution in [1.29, 1.82) is 0 Å². The molecule has 1 atom stereocenters. The van der Waals surface area contributed by atoms with E-state index in [9.17, 15) is 4.39 Å². The Bertz CT molecular complexity index is 531. The molecule has 0 amide bonds. The third kappa shape index (κ3) is 2.80. The second-order valence-corrected chi connectivity index (χ2v) is 4.31. The summed E-state index contributed by atoms with van der Waals surface area (Å²) in [4.78, 5) is 4.17. The van der Waals surface area contributed by atoms with Gasteiger partial charge >= 0.3 is 0 Å². The highest BCUT2D eigenvalue weighted by molar-refractivity contribution is 5.34. The molecule has 0 spiro atoms. The van der Waals surface area contributed by atoms with Gasteiger partial charge in [0.2, 0.25) is 0 Å². The van der Waals surface area contributed by atoms with Crippen LogP contribution in [-0.2, 0) is 6.54 Å². The van der Waals surface area contributed by atoms with Gasteiger partial charge in [-0.05, 0) is 25.6 Å². The van der Waals surface area contributed by atoms with E-state index in [1.165, 1.54) is 12.3 Å². The highest BCUT2D eigenvalue weighted by Gasteiger charge is 2.23. The zero-order valence-corrected chi connectivity index (χ0v) is 11.9. The number of pyridine rings is 1. The van der Waals surface area contributed by atoms with Gasteiger partial charge in [0, 0.05) is 6.54 Å². The smallest absolute Gasteiger partial charge is 0.161 e. The van der Waals surface area contributed by atoms with E-state index in [2.05, 4.69) is 15.4 Å². The summed E-state index contributed by atoms with van der Waals surface area (Å²) in [6, 6.07) is 2.90. The van der Waals surface area contributed by atoms with Crippen molar-refractivity contribution in [1.82, 2.24) is 20.1 Å². The Hall–Kier alpha value is -1.95. The minimum atomic E-state index is -0.347. The number of ether oxygens (including phenoxy) is 1. The molecule has 2 aromatic rings. The van der Waals surface area contributed by atoms with Gasteiger partial charge in [0.1, 0.15) is 11.5 Å². The summed E-state index contributed by atoms with van der Waals surface area (Å²) in [5.74, 6) is 0.351. The Balaban J connectivity index is 2.47. The lowest BCUT2D eigenvalue weighted by atomic mass is 10.1. The van der Waals surface area contributed by atoms with Crippen LogP contribution < -0.4 is 10.1 Å². The van der Waals surface area contributed by atoms with E-state index in [0.717, 1.165) is 24.5 Å². The summed E-state index contributed by atoms with van der Waals surface area (Å²) in [5.41, 5.74) is 1.64. The standard InChI is InChI=1S/C14H19FN4O/c1-4-16-13(11-7-6-10(15)8-17-11)14-12(20-3)9-18-19(14)5-2/h6-9,13,16H,4-5H2,1-3H3. The van der Waals surface area contributed by atoms with E-state index >= 15 is 0 Å². The molecule has 0 aliphatic carbocycles. The minimum absolute atomic E-state index is 0.182. The number of hydrogen-bond acceptors (Lipinski definition) is 4. The quantitative estimate of drug-likeness (QED) is 0.879. The summed E-state index contributed by atoms with van der Waals surface area (Å²) in [6.07, 6.45) is 2.91. The predicted molar refractivity (Wildman–Crippen MR) is 74.2 cm³/mol. The van der Waals surface area contributed by atoms with Gasteiger partial charge in [-0.1, -0.05) is 6.92 Å². The van der Waals surface area contributed by atoms with E-state index in [1.807, 2.05) is 18.5 Å². The van der Waals surface area contributed by atoms with Gasteiger partial charge in [-0.15, -0.1) is 0 Å². The Labute approximate surface area is 117 Å². The summed E-state index contributed by atoms with van der Waals surface area (Å²) in [5, 5.41) is 7.65. The lowest BCUT2D eigenvalue weighted by molar-refractivity contribution is 0.398. The number of hydrogen-bond donors (Lipinski definition) is 1. The number of aryl methyl sites for hydroxylation is 1.